The number of rotatable bonds is 2. The summed E-state index contributed by atoms with van der Waals surface area (Å²) < 4.78 is 5.07. The van der Waals surface area contributed by atoms with Gasteiger partial charge in [0.2, 0.25) is 11.4 Å². The Morgan fingerprint density at radius 3 is 1.25 bits per heavy atom. The summed E-state index contributed by atoms with van der Waals surface area (Å²) in [7, 11) is 3.08. The van der Waals surface area contributed by atoms with E-state index >= 15 is 0 Å². The maximum absolute atomic E-state index is 14.5. The Morgan fingerprint density at radius 2 is 0.895 bits per heavy atom. The number of alkyl carbamates (subject to hydrolysis) is 1. The number of methoxy groups -OCH3 is 1. The lowest BCUT2D eigenvalue weighted by Crippen LogP contribution is -2.72. The van der Waals surface area contributed by atoms with Crippen molar-refractivity contribution in [1.29, 1.82) is 0 Å². The molecule has 3 amide bonds. The van der Waals surface area contributed by atoms with E-state index in [0.717, 1.165) is 89.9 Å². The highest BCUT2D eigenvalue weighted by Crippen LogP contribution is 2.77. The van der Waals surface area contributed by atoms with Crippen LogP contribution in [-0.4, -0.2) is 60.5 Å². The van der Waals surface area contributed by atoms with Crippen molar-refractivity contribution >= 4 is 35.3 Å². The van der Waals surface area contributed by atoms with Gasteiger partial charge in [0.25, 0.3) is 0 Å². The molecule has 0 aromatic heterocycles. The van der Waals surface area contributed by atoms with E-state index in [-0.39, 0.29) is 120 Å². The van der Waals surface area contributed by atoms with E-state index in [9.17, 15) is 28.8 Å². The number of amides is 3. The Bertz CT molecular complexity index is 2510. The predicted molar refractivity (Wildman–Crippen MR) is 294 cm³/mol. The molecule has 12 nitrogen and oxygen atoms in total. The largest absolute Gasteiger partial charge is 0.453 e. The second kappa shape index (κ2) is 17.6. The smallest absolute Gasteiger partial charge is 0.407 e. The summed E-state index contributed by atoms with van der Waals surface area (Å²) >= 11 is 0. The van der Waals surface area contributed by atoms with Crippen LogP contribution in [-0.2, 0) is 23.9 Å². The zero-order valence-electron chi connectivity index (χ0n) is 49.3. The minimum absolute atomic E-state index is 0.0445. The highest BCUT2D eigenvalue weighted by molar-refractivity contribution is 6.03. The van der Waals surface area contributed by atoms with Gasteiger partial charge in [0.05, 0.1) is 20.3 Å². The fourth-order valence-corrected chi connectivity index (χ4v) is 21.5. The van der Waals surface area contributed by atoms with Gasteiger partial charge in [-0.1, -0.05) is 109 Å². The maximum atomic E-state index is 14.5. The van der Waals surface area contributed by atoms with E-state index in [2.05, 4.69) is 94.9 Å². The van der Waals surface area contributed by atoms with Gasteiger partial charge in [-0.3, -0.25) is 9.59 Å². The molecule has 0 radical (unpaired) electrons. The van der Waals surface area contributed by atoms with E-state index in [1.165, 1.54) is 7.11 Å². The third-order valence-corrected chi connectivity index (χ3v) is 26.0. The van der Waals surface area contributed by atoms with E-state index in [1.807, 2.05) is 39.8 Å². The van der Waals surface area contributed by atoms with E-state index in [1.54, 1.807) is 7.05 Å². The first-order valence-electron chi connectivity index (χ1n) is 29.2. The summed E-state index contributed by atoms with van der Waals surface area (Å²) in [5.74, 6) is 0.873. The van der Waals surface area contributed by atoms with E-state index < -0.39 is 27.9 Å². The molecule has 0 spiro atoms. The average Bonchev–Trinajstić information content (AvgIpc) is 3.37. The van der Waals surface area contributed by atoms with Crippen LogP contribution in [0, 0.1) is 115 Å². The van der Waals surface area contributed by atoms with E-state index in [4.69, 9.17) is 17.9 Å². The molecule has 0 aromatic carbocycles. The van der Waals surface area contributed by atoms with Crippen molar-refractivity contribution in [2.24, 2.45) is 101 Å². The van der Waals surface area contributed by atoms with Crippen LogP contribution in [0.4, 0.5) is 9.59 Å². The highest BCUT2D eigenvalue weighted by atomic mass is 16.5. The zero-order valence-corrected chi connectivity index (χ0v) is 49.3. The molecule has 0 saturated heterocycles. The van der Waals surface area contributed by atoms with Crippen LogP contribution >= 0.6 is 0 Å². The van der Waals surface area contributed by atoms with Crippen LogP contribution in [0.1, 0.15) is 200 Å². The van der Waals surface area contributed by atoms with Crippen molar-refractivity contribution < 1.29 is 33.5 Å². The topological polar surface area (TPSA) is 156 Å². The van der Waals surface area contributed by atoms with Crippen LogP contribution in [0.2, 0.25) is 0 Å². The molecule has 16 atom stereocenters. The van der Waals surface area contributed by atoms with Gasteiger partial charge in [-0.05, 0) is 169 Å². The number of hydrogen-bond donors (Lipinski definition) is 3. The van der Waals surface area contributed by atoms with Crippen molar-refractivity contribution in [2.75, 3.05) is 14.2 Å². The lowest BCUT2D eigenvalue weighted by molar-refractivity contribution is -0.215. The summed E-state index contributed by atoms with van der Waals surface area (Å²) in [5.41, 5.74) is -2.68. The SMILES string of the molecule is [C-]#[N+]C1=C[C@]2(C)C3CC(=O)[C@@H]4[C@@H]5CC(C)(C)CC[C@]5(NC(=O)NC)CC[C@@]4(C)[C@]3(C)CC[C@H]2C(C)(C)C1=O.[C-]#[N+]C1=C[C@]2(C)C3CC(=O)[C@@H]4[C@@H]5CC(C)(C)CC[C@]5(NC(=O)OC)CC[C@@]4(C)[C@]3(C)CC[C@H]2C(C)(C)C1=O. The van der Waals surface area contributed by atoms with Gasteiger partial charge in [-0.15, -0.1) is 0 Å². The van der Waals surface area contributed by atoms with Crippen LogP contribution in [0.25, 0.3) is 9.69 Å². The van der Waals surface area contributed by atoms with Crippen LogP contribution in [0.15, 0.2) is 23.5 Å². The molecule has 76 heavy (non-hydrogen) atoms. The molecular formula is C64H93N5O7. The number of hydrogen-bond acceptors (Lipinski definition) is 7. The minimum Gasteiger partial charge on any atom is -0.453 e. The number of urea groups is 1. The molecule has 0 aliphatic heterocycles. The first-order valence-corrected chi connectivity index (χ1v) is 29.2. The fourth-order valence-electron chi connectivity index (χ4n) is 21.5. The average molecular weight is 1040 g/mol. The van der Waals surface area contributed by atoms with Gasteiger partial charge < -0.3 is 30.3 Å². The number of ketones is 4. The van der Waals surface area contributed by atoms with Gasteiger partial charge in [-0.2, -0.15) is 0 Å². The maximum Gasteiger partial charge on any atom is 0.407 e. The molecule has 10 rings (SSSR count). The van der Waals surface area contributed by atoms with Crippen LogP contribution < -0.4 is 16.0 Å². The molecule has 10 aliphatic carbocycles. The molecule has 3 N–H and O–H groups in total. The number of nitrogens with zero attached hydrogens (tertiary/aromatic N) is 2. The summed E-state index contributed by atoms with van der Waals surface area (Å²) in [4.78, 5) is 88.1. The second-order valence-electron chi connectivity index (χ2n) is 31.0. The Labute approximate surface area is 455 Å². The molecule has 12 heteroatoms. The van der Waals surface area contributed by atoms with Crippen LogP contribution in [0.5, 0.6) is 0 Å². The Hall–Kier alpha value is -4.32. The molecular weight excluding hydrogens is 951 g/mol. The number of carbonyl (C=O) groups is 6. The lowest BCUT2D eigenvalue weighted by Gasteiger charge is -2.72. The predicted octanol–water partition coefficient (Wildman–Crippen LogP) is 13.1. The molecule has 0 aromatic rings. The number of Topliss-reactive ketones (excluding diaryl/α,β-unsaturated/α-hetero) is 4. The van der Waals surface area contributed by atoms with Crippen molar-refractivity contribution in [1.82, 2.24) is 16.0 Å². The molecule has 0 bridgehead atoms. The fraction of sp³-hybridized carbons (Fsp3) is 0.812. The first kappa shape index (κ1) is 56.4. The van der Waals surface area contributed by atoms with Gasteiger partial charge in [0.1, 0.15) is 11.6 Å². The van der Waals surface area contributed by atoms with Crippen molar-refractivity contribution in [3.05, 3.63) is 46.4 Å². The quantitative estimate of drug-likeness (QED) is 0.232. The monoisotopic (exact) mass is 1040 g/mol. The number of allylic oxidation sites excluding steroid dienone is 4. The summed E-state index contributed by atoms with van der Waals surface area (Å²) in [5, 5.41) is 9.41. The summed E-state index contributed by atoms with van der Waals surface area (Å²) in [6, 6.07) is -0.149. The lowest BCUT2D eigenvalue weighted by atomic mass is 9.32. The normalized spacial score (nSPS) is 46.8. The molecule has 416 valence electrons. The Kier molecular flexibility index (Phi) is 13.1. The van der Waals surface area contributed by atoms with Gasteiger partial charge in [0, 0.05) is 53.6 Å². The molecule has 8 saturated carbocycles. The Morgan fingerprint density at radius 1 is 0.526 bits per heavy atom. The minimum atomic E-state index is -0.620. The number of ether oxygens (including phenoxy) is 1. The standard InChI is InChI=1S/C32H47N3O3.C32H46N2O4/c1-27(2)12-14-32(35-26(38)34-9)15-13-31(7)24(19(32)17-27)21(36)16-23-29(5)18-20(33-8)25(37)28(3,4)22(29)10-11-30(23,31)6;1-27(2)12-14-32(34-26(37)38-9)15-13-31(7)24(19(32)17-27)21(35)16-23-29(5)18-20(33-8)25(36)28(3,4)22(29)10-11-30(23,31)6/h18-19,22-24H,10-17H2,1-7,9H3,(H2,34,35,38);18-19,22-24H,10-17H2,1-7,9H3,(H,34,37)/t2*19-,22-,23?,24-,29-,30+,31+,32-/m00/s1. The molecule has 0 heterocycles. The van der Waals surface area contributed by atoms with Crippen molar-refractivity contribution in [3.8, 4) is 0 Å². The van der Waals surface area contributed by atoms with Crippen molar-refractivity contribution in [3.63, 3.8) is 0 Å². The van der Waals surface area contributed by atoms with Crippen LogP contribution in [0.3, 0.4) is 0 Å². The van der Waals surface area contributed by atoms with Gasteiger partial charge in [0.15, 0.2) is 11.6 Å². The zero-order chi connectivity index (χ0) is 56.2. The molecule has 10 aliphatic rings. The van der Waals surface area contributed by atoms with Crippen molar-refractivity contribution in [2.45, 2.75) is 211 Å². The summed E-state index contributed by atoms with van der Waals surface area (Å²) in [6.07, 6.45) is 17.5. The van der Waals surface area contributed by atoms with E-state index in [0.29, 0.717) is 24.4 Å². The number of fused-ring (bicyclic) bond motifs is 14. The number of nitrogens with one attached hydrogen (secondary N) is 3. The first-order chi connectivity index (χ1) is 35.0. The third-order valence-electron chi connectivity index (χ3n) is 26.0. The highest BCUT2D eigenvalue weighted by Gasteiger charge is 2.74. The second-order valence-corrected chi connectivity index (χ2v) is 31.0. The molecule has 8 fully saturated rings. The number of carbonyl (C=O) groups excluding carboxylic acids is 6. The molecule has 2 unspecified atom stereocenters. The van der Waals surface area contributed by atoms with Gasteiger partial charge >= 0.3 is 12.1 Å². The van der Waals surface area contributed by atoms with Gasteiger partial charge in [-0.25, -0.2) is 19.3 Å². The summed E-state index contributed by atoms with van der Waals surface area (Å²) in [6.45, 7) is 46.8. The Balaban J connectivity index is 0.000000186. The third kappa shape index (κ3) is 7.62.